The van der Waals surface area contributed by atoms with E-state index in [1.165, 1.54) is 0 Å². The number of ether oxygens (including phenoxy) is 1. The first-order chi connectivity index (χ1) is 6.58. The second-order valence-electron chi connectivity index (χ2n) is 4.69. The van der Waals surface area contributed by atoms with Gasteiger partial charge in [-0.15, -0.1) is 0 Å². The van der Waals surface area contributed by atoms with E-state index in [2.05, 4.69) is 24.2 Å². The van der Waals surface area contributed by atoms with Gasteiger partial charge in [-0.2, -0.15) is 0 Å². The Labute approximate surface area is 84.9 Å². The number of nitrogens with zero attached hydrogens (tertiary/aromatic N) is 1. The summed E-state index contributed by atoms with van der Waals surface area (Å²) in [4.78, 5) is 4.24. The molecule has 2 unspecified atom stereocenters. The van der Waals surface area contributed by atoms with Gasteiger partial charge in [0.25, 0.3) is 0 Å². The van der Waals surface area contributed by atoms with Gasteiger partial charge in [-0.05, 0) is 19.8 Å². The summed E-state index contributed by atoms with van der Waals surface area (Å²) < 4.78 is 5.80. The molecule has 0 aromatic heterocycles. The van der Waals surface area contributed by atoms with Crippen LogP contribution < -0.4 is 11.1 Å². The number of hydrogen-bond acceptors (Lipinski definition) is 4. The number of guanidine groups is 1. The lowest BCUT2D eigenvalue weighted by molar-refractivity contribution is -0.0944. The van der Waals surface area contributed by atoms with Crippen molar-refractivity contribution >= 4 is 5.96 Å². The van der Waals surface area contributed by atoms with Crippen LogP contribution in [0.5, 0.6) is 0 Å². The number of nitrogens with two attached hydrogens (primary N) is 1. The van der Waals surface area contributed by atoms with E-state index < -0.39 is 0 Å². The smallest absolute Gasteiger partial charge is 0.189 e. The largest absolute Gasteiger partial charge is 0.375 e. The van der Waals surface area contributed by atoms with Crippen molar-refractivity contribution in [1.29, 1.82) is 0 Å². The first-order valence-electron chi connectivity index (χ1n) is 5.30. The SMILES string of the molecule is CCC1(C)CC2(CCO1)CN=C(N)N2. The average Bonchev–Trinajstić information content (AvgIpc) is 2.47. The van der Waals surface area contributed by atoms with Crippen molar-refractivity contribution in [2.75, 3.05) is 13.2 Å². The molecule has 0 bridgehead atoms. The van der Waals surface area contributed by atoms with Gasteiger partial charge in [0, 0.05) is 13.0 Å². The van der Waals surface area contributed by atoms with Gasteiger partial charge in [-0.3, -0.25) is 4.99 Å². The van der Waals surface area contributed by atoms with Crippen LogP contribution >= 0.6 is 0 Å². The fourth-order valence-electron chi connectivity index (χ4n) is 2.40. The van der Waals surface area contributed by atoms with E-state index in [1.807, 2.05) is 0 Å². The van der Waals surface area contributed by atoms with Gasteiger partial charge in [0.1, 0.15) is 0 Å². The maximum Gasteiger partial charge on any atom is 0.189 e. The van der Waals surface area contributed by atoms with Crippen molar-refractivity contribution in [1.82, 2.24) is 5.32 Å². The van der Waals surface area contributed by atoms with Crippen molar-refractivity contribution < 1.29 is 4.74 Å². The number of rotatable bonds is 1. The Bertz CT molecular complexity index is 266. The Balaban J connectivity index is 2.08. The van der Waals surface area contributed by atoms with Crippen molar-refractivity contribution in [2.24, 2.45) is 10.7 Å². The van der Waals surface area contributed by atoms with E-state index in [0.717, 1.165) is 32.4 Å². The topological polar surface area (TPSA) is 59.6 Å². The molecule has 2 rings (SSSR count). The van der Waals surface area contributed by atoms with Crippen LogP contribution in [0.2, 0.25) is 0 Å². The van der Waals surface area contributed by atoms with Crippen LogP contribution in [0.25, 0.3) is 0 Å². The molecular weight excluding hydrogens is 178 g/mol. The Kier molecular flexibility index (Phi) is 2.18. The number of nitrogens with one attached hydrogen (secondary N) is 1. The molecule has 1 fully saturated rings. The Morgan fingerprint density at radius 1 is 1.64 bits per heavy atom. The maximum atomic E-state index is 5.80. The maximum absolute atomic E-state index is 5.80. The minimum Gasteiger partial charge on any atom is -0.375 e. The molecule has 1 spiro atoms. The van der Waals surface area contributed by atoms with Crippen LogP contribution in [-0.2, 0) is 4.74 Å². The third-order valence-electron chi connectivity index (χ3n) is 3.44. The summed E-state index contributed by atoms with van der Waals surface area (Å²) in [5, 5.41) is 3.31. The number of hydrogen-bond donors (Lipinski definition) is 2. The lowest BCUT2D eigenvalue weighted by atomic mass is 9.80. The summed E-state index contributed by atoms with van der Waals surface area (Å²) in [7, 11) is 0. The Hall–Kier alpha value is -0.770. The zero-order valence-corrected chi connectivity index (χ0v) is 8.97. The highest BCUT2D eigenvalue weighted by Crippen LogP contribution is 2.35. The minimum atomic E-state index is -0.00854. The van der Waals surface area contributed by atoms with Crippen LogP contribution in [0, 0.1) is 0 Å². The molecule has 2 aliphatic heterocycles. The van der Waals surface area contributed by atoms with E-state index >= 15 is 0 Å². The normalized spacial score (nSPS) is 42.3. The Morgan fingerprint density at radius 3 is 3.00 bits per heavy atom. The molecule has 1 saturated heterocycles. The molecule has 4 nitrogen and oxygen atoms in total. The molecule has 80 valence electrons. The van der Waals surface area contributed by atoms with Gasteiger partial charge >= 0.3 is 0 Å². The lowest BCUT2D eigenvalue weighted by Gasteiger charge is -2.43. The first kappa shape index (κ1) is 9.77. The molecule has 0 radical (unpaired) electrons. The summed E-state index contributed by atoms with van der Waals surface area (Å²) in [5.41, 5.74) is 5.74. The van der Waals surface area contributed by atoms with Crippen molar-refractivity contribution in [3.05, 3.63) is 0 Å². The second-order valence-corrected chi connectivity index (χ2v) is 4.69. The van der Waals surface area contributed by atoms with Crippen molar-refractivity contribution in [3.63, 3.8) is 0 Å². The van der Waals surface area contributed by atoms with Crippen LogP contribution in [0.4, 0.5) is 0 Å². The van der Waals surface area contributed by atoms with E-state index in [9.17, 15) is 0 Å². The summed E-state index contributed by atoms with van der Waals surface area (Å²) in [6.45, 7) is 5.94. The molecular formula is C10H19N3O. The van der Waals surface area contributed by atoms with Crippen LogP contribution in [0.15, 0.2) is 4.99 Å². The highest BCUT2D eigenvalue weighted by molar-refractivity contribution is 5.80. The molecule has 4 heteroatoms. The summed E-state index contributed by atoms with van der Waals surface area (Å²) in [6.07, 6.45) is 3.05. The van der Waals surface area contributed by atoms with E-state index in [0.29, 0.717) is 5.96 Å². The quantitative estimate of drug-likeness (QED) is 0.648. The predicted octanol–water partition coefficient (Wildman–Crippen LogP) is 0.622. The highest BCUT2D eigenvalue weighted by atomic mass is 16.5. The van der Waals surface area contributed by atoms with Crippen molar-refractivity contribution in [3.8, 4) is 0 Å². The summed E-state index contributed by atoms with van der Waals surface area (Å²) >= 11 is 0. The minimum absolute atomic E-state index is 0.00854. The molecule has 0 amide bonds. The van der Waals surface area contributed by atoms with Crippen LogP contribution in [0.1, 0.15) is 33.1 Å². The molecule has 0 aliphatic carbocycles. The molecule has 2 aliphatic rings. The van der Waals surface area contributed by atoms with Gasteiger partial charge < -0.3 is 15.8 Å². The Morgan fingerprint density at radius 2 is 2.43 bits per heavy atom. The van der Waals surface area contributed by atoms with E-state index in [1.54, 1.807) is 0 Å². The highest BCUT2D eigenvalue weighted by Gasteiger charge is 2.44. The average molecular weight is 197 g/mol. The van der Waals surface area contributed by atoms with Crippen LogP contribution in [-0.4, -0.2) is 30.3 Å². The molecule has 0 aromatic carbocycles. The predicted molar refractivity (Wildman–Crippen MR) is 56.2 cm³/mol. The van der Waals surface area contributed by atoms with E-state index in [-0.39, 0.29) is 11.1 Å². The third-order valence-corrected chi connectivity index (χ3v) is 3.44. The summed E-state index contributed by atoms with van der Waals surface area (Å²) in [6, 6.07) is 0. The zero-order chi connectivity index (χ0) is 10.2. The van der Waals surface area contributed by atoms with Gasteiger partial charge in [-0.25, -0.2) is 0 Å². The van der Waals surface area contributed by atoms with Gasteiger partial charge in [0.2, 0.25) is 0 Å². The lowest BCUT2D eigenvalue weighted by Crippen LogP contribution is -2.56. The molecule has 0 aromatic rings. The van der Waals surface area contributed by atoms with Gasteiger partial charge in [-0.1, -0.05) is 6.92 Å². The van der Waals surface area contributed by atoms with Gasteiger partial charge in [0.05, 0.1) is 17.7 Å². The summed E-state index contributed by atoms with van der Waals surface area (Å²) in [5.74, 6) is 0.588. The van der Waals surface area contributed by atoms with E-state index in [4.69, 9.17) is 10.5 Å². The van der Waals surface area contributed by atoms with Crippen molar-refractivity contribution in [2.45, 2.75) is 44.2 Å². The first-order valence-corrected chi connectivity index (χ1v) is 5.30. The van der Waals surface area contributed by atoms with Crippen LogP contribution in [0.3, 0.4) is 0 Å². The monoisotopic (exact) mass is 197 g/mol. The zero-order valence-electron chi connectivity index (χ0n) is 8.97. The third kappa shape index (κ3) is 1.59. The fourth-order valence-corrected chi connectivity index (χ4v) is 2.40. The second kappa shape index (κ2) is 3.12. The molecule has 2 heterocycles. The number of aliphatic imine (C=N–C) groups is 1. The molecule has 3 N–H and O–H groups in total. The fraction of sp³-hybridized carbons (Fsp3) is 0.900. The standard InChI is InChI=1S/C10H19N3O/c1-3-9(2)6-10(4-5-14-9)7-12-8(11)13-10/h3-7H2,1-2H3,(H3,11,12,13). The molecule has 0 saturated carbocycles. The molecule has 14 heavy (non-hydrogen) atoms. The van der Waals surface area contributed by atoms with Gasteiger partial charge in [0.15, 0.2) is 5.96 Å². The molecule has 2 atom stereocenters.